The lowest BCUT2D eigenvalue weighted by molar-refractivity contribution is -0.109. The van der Waals surface area contributed by atoms with Crippen LogP contribution < -0.4 is 10.3 Å². The molecule has 5 heteroatoms. The van der Waals surface area contributed by atoms with Crippen LogP contribution in [-0.4, -0.2) is 18.8 Å². The van der Waals surface area contributed by atoms with Crippen molar-refractivity contribution >= 4 is 18.3 Å². The molecule has 72 valence electrons. The van der Waals surface area contributed by atoms with Crippen LogP contribution in [0.25, 0.3) is 0 Å². The second kappa shape index (κ2) is 3.45. The third-order valence-electron chi connectivity index (χ3n) is 1.91. The fourth-order valence-electron chi connectivity index (χ4n) is 1.23. The van der Waals surface area contributed by atoms with Crippen LogP contribution in [0.15, 0.2) is 29.4 Å². The average molecular weight is 193 g/mol. The van der Waals surface area contributed by atoms with E-state index in [9.17, 15) is 9.18 Å². The molecular formula is C9H8FN3O. The molecule has 0 fully saturated rings. The van der Waals surface area contributed by atoms with Gasteiger partial charge in [-0.15, -0.1) is 0 Å². The van der Waals surface area contributed by atoms with Gasteiger partial charge < -0.3 is 5.32 Å². The molecular weight excluding hydrogens is 185 g/mol. The molecule has 0 aliphatic carbocycles. The molecule has 4 nitrogen and oxygen atoms in total. The van der Waals surface area contributed by atoms with Crippen LogP contribution in [0.4, 0.5) is 10.1 Å². The minimum absolute atomic E-state index is 0.312. The zero-order valence-electron chi connectivity index (χ0n) is 7.22. The molecule has 1 aromatic rings. The summed E-state index contributed by atoms with van der Waals surface area (Å²) in [5.74, 6) is -0.312. The van der Waals surface area contributed by atoms with Gasteiger partial charge in [-0.2, -0.15) is 5.10 Å². The van der Waals surface area contributed by atoms with E-state index in [4.69, 9.17) is 0 Å². The highest BCUT2D eigenvalue weighted by atomic mass is 19.1. The Morgan fingerprint density at radius 1 is 1.43 bits per heavy atom. The van der Waals surface area contributed by atoms with E-state index in [1.54, 1.807) is 12.1 Å². The minimum atomic E-state index is -0.500. The highest BCUT2D eigenvalue weighted by molar-refractivity contribution is 5.75. The number of halogens is 1. The Kier molecular flexibility index (Phi) is 2.14. The first kappa shape index (κ1) is 8.68. The summed E-state index contributed by atoms with van der Waals surface area (Å²) in [6, 6.07) is 5.78. The number of nitrogens with zero attached hydrogens (tertiary/aromatic N) is 2. The Balaban J connectivity index is 2.26. The van der Waals surface area contributed by atoms with Crippen molar-refractivity contribution in [2.75, 3.05) is 5.01 Å². The lowest BCUT2D eigenvalue weighted by Crippen LogP contribution is -2.37. The number of hydrazone groups is 1. The maximum absolute atomic E-state index is 12.6. The van der Waals surface area contributed by atoms with E-state index in [0.29, 0.717) is 5.69 Å². The molecule has 0 spiro atoms. The molecule has 0 bridgehead atoms. The largest absolute Gasteiger partial charge is 0.347 e. The number of benzene rings is 1. The first-order chi connectivity index (χ1) is 6.81. The van der Waals surface area contributed by atoms with Gasteiger partial charge in [0.15, 0.2) is 12.5 Å². The summed E-state index contributed by atoms with van der Waals surface area (Å²) in [5, 5.41) is 8.15. The lowest BCUT2D eigenvalue weighted by atomic mass is 10.3. The second-order valence-corrected chi connectivity index (χ2v) is 2.81. The van der Waals surface area contributed by atoms with Crippen LogP contribution in [0.3, 0.4) is 0 Å². The molecule has 1 heterocycles. The Morgan fingerprint density at radius 2 is 2.14 bits per heavy atom. The van der Waals surface area contributed by atoms with E-state index in [-0.39, 0.29) is 5.82 Å². The molecule has 0 amide bonds. The van der Waals surface area contributed by atoms with Gasteiger partial charge in [-0.05, 0) is 24.3 Å². The molecule has 1 atom stereocenters. The van der Waals surface area contributed by atoms with Crippen molar-refractivity contribution in [2.24, 2.45) is 5.10 Å². The number of carbonyl (C=O) groups is 1. The van der Waals surface area contributed by atoms with Gasteiger partial charge in [0.25, 0.3) is 0 Å². The standard InChI is InChI=1S/C9H8FN3O/c10-7-1-3-8(4-2-7)13-9(5-14)11-6-12-13/h1-6,9H,(H,11,12). The first-order valence-corrected chi connectivity index (χ1v) is 4.10. The fraction of sp³-hybridized carbons (Fsp3) is 0.111. The van der Waals surface area contributed by atoms with E-state index >= 15 is 0 Å². The van der Waals surface area contributed by atoms with Crippen LogP contribution in [0.2, 0.25) is 0 Å². The van der Waals surface area contributed by atoms with Gasteiger partial charge in [0.2, 0.25) is 0 Å². The van der Waals surface area contributed by atoms with Crippen LogP contribution in [-0.2, 0) is 4.79 Å². The average Bonchev–Trinajstić information content (AvgIpc) is 2.67. The quantitative estimate of drug-likeness (QED) is 0.703. The van der Waals surface area contributed by atoms with Crippen LogP contribution in [0.5, 0.6) is 0 Å². The van der Waals surface area contributed by atoms with Gasteiger partial charge in [0.1, 0.15) is 12.2 Å². The maximum atomic E-state index is 12.6. The third-order valence-corrected chi connectivity index (χ3v) is 1.91. The van der Waals surface area contributed by atoms with Crippen molar-refractivity contribution in [1.29, 1.82) is 0 Å². The zero-order chi connectivity index (χ0) is 9.97. The monoisotopic (exact) mass is 193 g/mol. The highest BCUT2D eigenvalue weighted by Gasteiger charge is 2.20. The van der Waals surface area contributed by atoms with Gasteiger partial charge in [-0.1, -0.05) is 0 Å². The topological polar surface area (TPSA) is 44.7 Å². The van der Waals surface area contributed by atoms with Gasteiger partial charge >= 0.3 is 0 Å². The lowest BCUT2D eigenvalue weighted by Gasteiger charge is -2.18. The summed E-state index contributed by atoms with van der Waals surface area (Å²) in [6.45, 7) is 0. The summed E-state index contributed by atoms with van der Waals surface area (Å²) < 4.78 is 12.6. The molecule has 1 aliphatic heterocycles. The molecule has 2 rings (SSSR count). The minimum Gasteiger partial charge on any atom is -0.347 e. The molecule has 1 aromatic carbocycles. The number of nitrogens with one attached hydrogen (secondary N) is 1. The van der Waals surface area contributed by atoms with Gasteiger partial charge in [-0.25, -0.2) is 9.40 Å². The SMILES string of the molecule is O=CC1NC=NN1c1ccc(F)cc1. The molecule has 0 saturated carbocycles. The fourth-order valence-corrected chi connectivity index (χ4v) is 1.23. The Labute approximate surface area is 80.0 Å². The predicted molar refractivity (Wildman–Crippen MR) is 50.4 cm³/mol. The summed E-state index contributed by atoms with van der Waals surface area (Å²) in [5.41, 5.74) is 0.671. The summed E-state index contributed by atoms with van der Waals surface area (Å²) in [6.07, 6.45) is 1.67. The summed E-state index contributed by atoms with van der Waals surface area (Å²) >= 11 is 0. The van der Waals surface area contributed by atoms with E-state index in [0.717, 1.165) is 6.29 Å². The molecule has 14 heavy (non-hydrogen) atoms. The summed E-state index contributed by atoms with van der Waals surface area (Å²) in [4.78, 5) is 10.6. The van der Waals surface area contributed by atoms with E-state index < -0.39 is 6.17 Å². The predicted octanol–water partition coefficient (Wildman–Crippen LogP) is 0.704. The molecule has 1 N–H and O–H groups in total. The number of hydrogen-bond acceptors (Lipinski definition) is 4. The van der Waals surface area contributed by atoms with Crippen molar-refractivity contribution in [3.8, 4) is 0 Å². The van der Waals surface area contributed by atoms with Crippen molar-refractivity contribution in [1.82, 2.24) is 5.32 Å². The third kappa shape index (κ3) is 1.44. The number of carbonyl (C=O) groups excluding carboxylic acids is 1. The van der Waals surface area contributed by atoms with Crippen molar-refractivity contribution in [3.05, 3.63) is 30.1 Å². The molecule has 1 aliphatic rings. The zero-order valence-corrected chi connectivity index (χ0v) is 7.22. The van der Waals surface area contributed by atoms with Crippen molar-refractivity contribution < 1.29 is 9.18 Å². The van der Waals surface area contributed by atoms with E-state index in [1.807, 2.05) is 0 Å². The van der Waals surface area contributed by atoms with Crippen molar-refractivity contribution in [2.45, 2.75) is 6.17 Å². The van der Waals surface area contributed by atoms with Gasteiger partial charge in [-0.3, -0.25) is 4.79 Å². The molecule has 0 radical (unpaired) electrons. The molecule has 0 aromatic heterocycles. The van der Waals surface area contributed by atoms with Crippen LogP contribution in [0, 0.1) is 5.82 Å². The van der Waals surface area contributed by atoms with Gasteiger partial charge in [0.05, 0.1) is 5.69 Å². The number of hydrogen-bond donors (Lipinski definition) is 1. The Morgan fingerprint density at radius 3 is 2.79 bits per heavy atom. The van der Waals surface area contributed by atoms with Gasteiger partial charge in [0, 0.05) is 0 Å². The highest BCUT2D eigenvalue weighted by Crippen LogP contribution is 2.17. The molecule has 0 saturated heterocycles. The van der Waals surface area contributed by atoms with E-state index in [1.165, 1.54) is 23.5 Å². The van der Waals surface area contributed by atoms with Crippen LogP contribution in [0.1, 0.15) is 0 Å². The number of rotatable bonds is 2. The molecule has 1 unspecified atom stereocenters. The van der Waals surface area contributed by atoms with Crippen LogP contribution >= 0.6 is 0 Å². The smallest absolute Gasteiger partial charge is 0.178 e. The summed E-state index contributed by atoms with van der Waals surface area (Å²) in [7, 11) is 0. The van der Waals surface area contributed by atoms with Crippen molar-refractivity contribution in [3.63, 3.8) is 0 Å². The number of aldehydes is 1. The number of anilines is 1. The second-order valence-electron chi connectivity index (χ2n) is 2.81. The Hall–Kier alpha value is -1.91. The maximum Gasteiger partial charge on any atom is 0.178 e. The normalized spacial score (nSPS) is 19.5. The van der Waals surface area contributed by atoms with E-state index in [2.05, 4.69) is 10.4 Å². The Bertz CT molecular complexity index is 363. The first-order valence-electron chi connectivity index (χ1n) is 4.10.